The van der Waals surface area contributed by atoms with E-state index in [0.717, 1.165) is 12.0 Å². The summed E-state index contributed by atoms with van der Waals surface area (Å²) >= 11 is 5.82. The van der Waals surface area contributed by atoms with Crippen molar-refractivity contribution in [1.29, 1.82) is 0 Å². The van der Waals surface area contributed by atoms with Crippen molar-refractivity contribution in [1.82, 2.24) is 0 Å². The average molecular weight is 322 g/mol. The van der Waals surface area contributed by atoms with Crippen molar-refractivity contribution < 1.29 is 14.3 Å². The lowest BCUT2D eigenvalue weighted by atomic mass is 10.0. The molecular weight excluding hydrogens is 305 g/mol. The molecule has 22 heavy (non-hydrogen) atoms. The number of carboxylic acids is 1. The van der Waals surface area contributed by atoms with Gasteiger partial charge >= 0.3 is 5.97 Å². The van der Waals surface area contributed by atoms with Gasteiger partial charge in [0.1, 0.15) is 5.82 Å². The van der Waals surface area contributed by atoms with Crippen LogP contribution in [0.5, 0.6) is 0 Å². The highest BCUT2D eigenvalue weighted by molar-refractivity contribution is 6.30. The average Bonchev–Trinajstić information content (AvgIpc) is 2.43. The molecule has 5 heteroatoms. The monoisotopic (exact) mass is 321 g/mol. The van der Waals surface area contributed by atoms with Gasteiger partial charge in [-0.2, -0.15) is 0 Å². The van der Waals surface area contributed by atoms with Gasteiger partial charge in [0.05, 0.1) is 12.1 Å². The molecular formula is C17H17ClFNO2. The molecule has 0 amide bonds. The van der Waals surface area contributed by atoms with Gasteiger partial charge in [0, 0.05) is 10.7 Å². The summed E-state index contributed by atoms with van der Waals surface area (Å²) in [5.41, 5.74) is 3.21. The number of nitrogens with one attached hydrogen (secondary N) is 1. The van der Waals surface area contributed by atoms with Gasteiger partial charge in [-0.05, 0) is 48.2 Å². The first-order valence-electron chi connectivity index (χ1n) is 6.97. The molecule has 2 rings (SSSR count). The van der Waals surface area contributed by atoms with Gasteiger partial charge in [0.2, 0.25) is 0 Å². The number of hydrogen-bond donors (Lipinski definition) is 2. The molecule has 0 unspecified atom stereocenters. The molecule has 2 aromatic carbocycles. The van der Waals surface area contributed by atoms with Crippen LogP contribution in [-0.4, -0.2) is 11.1 Å². The molecule has 0 bridgehead atoms. The van der Waals surface area contributed by atoms with E-state index < -0.39 is 11.8 Å². The quantitative estimate of drug-likeness (QED) is 0.837. The molecule has 0 aromatic heterocycles. The summed E-state index contributed by atoms with van der Waals surface area (Å²) in [5.74, 6) is -1.39. The minimum absolute atomic E-state index is 0.121. The number of rotatable bonds is 5. The fourth-order valence-electron chi connectivity index (χ4n) is 2.29. The molecule has 0 saturated carbocycles. The summed E-state index contributed by atoms with van der Waals surface area (Å²) in [6, 6.07) is 8.40. The normalized spacial score (nSPS) is 10.5. The second-order valence-electron chi connectivity index (χ2n) is 5.12. The van der Waals surface area contributed by atoms with Gasteiger partial charge in [0.15, 0.2) is 0 Å². The highest BCUT2D eigenvalue weighted by Crippen LogP contribution is 2.29. The van der Waals surface area contributed by atoms with Crippen molar-refractivity contribution >= 4 is 28.9 Å². The van der Waals surface area contributed by atoms with E-state index in [-0.39, 0.29) is 6.42 Å². The van der Waals surface area contributed by atoms with Gasteiger partial charge in [0.25, 0.3) is 0 Å². The van der Waals surface area contributed by atoms with Crippen LogP contribution < -0.4 is 5.32 Å². The van der Waals surface area contributed by atoms with Gasteiger partial charge in [-0.1, -0.05) is 30.7 Å². The predicted octanol–water partition coefficient (Wildman–Crippen LogP) is 4.72. The summed E-state index contributed by atoms with van der Waals surface area (Å²) in [5, 5.41) is 12.4. The SMILES string of the molecule is CCc1ccc(Nc2c(C)cc(Cl)cc2F)c(CC(=O)O)c1. The van der Waals surface area contributed by atoms with E-state index in [9.17, 15) is 9.18 Å². The number of aryl methyl sites for hydroxylation is 2. The minimum atomic E-state index is -0.926. The molecule has 0 heterocycles. The van der Waals surface area contributed by atoms with Gasteiger partial charge < -0.3 is 10.4 Å². The van der Waals surface area contributed by atoms with Crippen molar-refractivity contribution in [2.45, 2.75) is 26.7 Å². The topological polar surface area (TPSA) is 49.3 Å². The number of benzene rings is 2. The highest BCUT2D eigenvalue weighted by atomic mass is 35.5. The Balaban J connectivity index is 2.43. The number of hydrogen-bond acceptors (Lipinski definition) is 2. The smallest absolute Gasteiger partial charge is 0.307 e. The summed E-state index contributed by atoms with van der Waals surface area (Å²) in [6.07, 6.45) is 0.686. The summed E-state index contributed by atoms with van der Waals surface area (Å²) in [4.78, 5) is 11.0. The molecule has 0 saturated heterocycles. The lowest BCUT2D eigenvalue weighted by Crippen LogP contribution is -2.06. The van der Waals surface area contributed by atoms with E-state index in [1.165, 1.54) is 6.07 Å². The molecule has 0 atom stereocenters. The molecule has 2 aromatic rings. The van der Waals surface area contributed by atoms with Crippen molar-refractivity contribution in [3.05, 3.63) is 57.9 Å². The van der Waals surface area contributed by atoms with Crippen molar-refractivity contribution in [3.8, 4) is 0 Å². The van der Waals surface area contributed by atoms with E-state index in [0.29, 0.717) is 27.5 Å². The Morgan fingerprint density at radius 3 is 2.64 bits per heavy atom. The maximum Gasteiger partial charge on any atom is 0.307 e. The number of carbonyl (C=O) groups is 1. The Bertz CT molecular complexity index is 693. The summed E-state index contributed by atoms with van der Waals surface area (Å²) in [6.45, 7) is 3.74. The molecule has 0 aliphatic heterocycles. The van der Waals surface area contributed by atoms with Crippen LogP contribution in [0.3, 0.4) is 0 Å². The number of aliphatic carboxylic acids is 1. The van der Waals surface area contributed by atoms with Crippen molar-refractivity contribution in [3.63, 3.8) is 0 Å². The Labute approximate surface area is 133 Å². The molecule has 0 aliphatic rings. The fraction of sp³-hybridized carbons (Fsp3) is 0.235. The lowest BCUT2D eigenvalue weighted by molar-refractivity contribution is -0.136. The van der Waals surface area contributed by atoms with Crippen LogP contribution in [0.4, 0.5) is 15.8 Å². The number of anilines is 2. The molecule has 0 aliphatic carbocycles. The van der Waals surface area contributed by atoms with Crippen LogP contribution in [0.15, 0.2) is 30.3 Å². The number of carboxylic acid groups (broad SMARTS) is 1. The van der Waals surface area contributed by atoms with E-state index in [1.807, 2.05) is 19.1 Å². The Hall–Kier alpha value is -2.07. The van der Waals surface area contributed by atoms with Crippen LogP contribution in [0, 0.1) is 12.7 Å². The Morgan fingerprint density at radius 1 is 1.32 bits per heavy atom. The van der Waals surface area contributed by atoms with Crippen molar-refractivity contribution in [2.24, 2.45) is 0 Å². The zero-order chi connectivity index (χ0) is 16.3. The molecule has 0 spiro atoms. The largest absolute Gasteiger partial charge is 0.481 e. The summed E-state index contributed by atoms with van der Waals surface area (Å²) in [7, 11) is 0. The second-order valence-corrected chi connectivity index (χ2v) is 5.56. The lowest BCUT2D eigenvalue weighted by Gasteiger charge is -2.15. The first kappa shape index (κ1) is 16.3. The highest BCUT2D eigenvalue weighted by Gasteiger charge is 2.12. The van der Waals surface area contributed by atoms with Crippen LogP contribution in [0.2, 0.25) is 5.02 Å². The zero-order valence-corrected chi connectivity index (χ0v) is 13.2. The third-order valence-corrected chi connectivity index (χ3v) is 3.65. The molecule has 116 valence electrons. The zero-order valence-electron chi connectivity index (χ0n) is 12.4. The first-order valence-corrected chi connectivity index (χ1v) is 7.34. The predicted molar refractivity (Wildman–Crippen MR) is 86.6 cm³/mol. The Kier molecular flexibility index (Phi) is 5.03. The van der Waals surface area contributed by atoms with Crippen LogP contribution in [-0.2, 0) is 17.6 Å². The maximum absolute atomic E-state index is 14.1. The third-order valence-electron chi connectivity index (χ3n) is 3.43. The van der Waals surface area contributed by atoms with E-state index in [1.54, 1.807) is 19.1 Å². The van der Waals surface area contributed by atoms with Gasteiger partial charge in [-0.3, -0.25) is 4.79 Å². The van der Waals surface area contributed by atoms with Crippen LogP contribution >= 0.6 is 11.6 Å². The Morgan fingerprint density at radius 2 is 2.05 bits per heavy atom. The van der Waals surface area contributed by atoms with Gasteiger partial charge in [-0.15, -0.1) is 0 Å². The van der Waals surface area contributed by atoms with Crippen LogP contribution in [0.25, 0.3) is 0 Å². The van der Waals surface area contributed by atoms with E-state index in [4.69, 9.17) is 16.7 Å². The minimum Gasteiger partial charge on any atom is -0.481 e. The molecule has 0 radical (unpaired) electrons. The third kappa shape index (κ3) is 3.77. The van der Waals surface area contributed by atoms with Crippen LogP contribution in [0.1, 0.15) is 23.6 Å². The first-order chi connectivity index (χ1) is 10.4. The van der Waals surface area contributed by atoms with E-state index >= 15 is 0 Å². The number of halogens is 2. The fourth-order valence-corrected chi connectivity index (χ4v) is 2.55. The molecule has 3 nitrogen and oxygen atoms in total. The second kappa shape index (κ2) is 6.79. The molecule has 0 fully saturated rings. The van der Waals surface area contributed by atoms with E-state index in [2.05, 4.69) is 5.32 Å². The van der Waals surface area contributed by atoms with Crippen molar-refractivity contribution in [2.75, 3.05) is 5.32 Å². The maximum atomic E-state index is 14.1. The summed E-state index contributed by atoms with van der Waals surface area (Å²) < 4.78 is 14.1. The standard InChI is InChI=1S/C17H17ClFNO2/c1-3-11-4-5-15(12(7-11)8-16(21)22)20-17-10(2)6-13(18)9-14(17)19/h4-7,9,20H,3,8H2,1-2H3,(H,21,22). The molecule has 2 N–H and O–H groups in total. The van der Waals surface area contributed by atoms with Gasteiger partial charge in [-0.25, -0.2) is 4.39 Å².